The predicted octanol–water partition coefficient (Wildman–Crippen LogP) is 2.76. The van der Waals surface area contributed by atoms with Crippen LogP contribution in [0.5, 0.6) is 0 Å². The molecule has 1 atom stereocenters. The summed E-state index contributed by atoms with van der Waals surface area (Å²) in [5.41, 5.74) is 1.88. The zero-order valence-corrected chi connectivity index (χ0v) is 16.3. The Morgan fingerprint density at radius 2 is 1.68 bits per heavy atom. The number of para-hydroxylation sites is 2. The van der Waals surface area contributed by atoms with E-state index in [1.807, 2.05) is 42.0 Å². The molecule has 1 amide bonds. The first kappa shape index (κ1) is 19.8. The van der Waals surface area contributed by atoms with Crippen LogP contribution in [0, 0.1) is 10.1 Å². The number of rotatable bonds is 6. The molecule has 1 unspecified atom stereocenters. The van der Waals surface area contributed by atoms with E-state index in [1.54, 1.807) is 18.2 Å². The number of hydrogen-bond donors (Lipinski definition) is 0. The lowest BCUT2D eigenvalue weighted by Crippen LogP contribution is -2.53. The molecule has 0 saturated carbocycles. The summed E-state index contributed by atoms with van der Waals surface area (Å²) >= 11 is 0. The number of amides is 1. The highest BCUT2D eigenvalue weighted by Gasteiger charge is 2.28. The predicted molar refractivity (Wildman–Crippen MR) is 109 cm³/mol. The van der Waals surface area contributed by atoms with Gasteiger partial charge >= 0.3 is 0 Å². The van der Waals surface area contributed by atoms with Crippen LogP contribution in [-0.4, -0.2) is 59.9 Å². The van der Waals surface area contributed by atoms with Crippen LogP contribution in [0.3, 0.4) is 0 Å². The van der Waals surface area contributed by atoms with Gasteiger partial charge in [-0.25, -0.2) is 0 Å². The van der Waals surface area contributed by atoms with Gasteiger partial charge in [-0.2, -0.15) is 0 Å². The summed E-state index contributed by atoms with van der Waals surface area (Å²) in [5, 5.41) is 11.2. The molecule has 1 aliphatic heterocycles. The Balaban J connectivity index is 1.58. The van der Waals surface area contributed by atoms with Crippen molar-refractivity contribution < 1.29 is 9.72 Å². The van der Waals surface area contributed by atoms with Crippen molar-refractivity contribution >= 4 is 17.3 Å². The normalized spacial score (nSPS) is 15.5. The van der Waals surface area contributed by atoms with Gasteiger partial charge in [-0.15, -0.1) is 0 Å². The first-order chi connectivity index (χ1) is 13.5. The number of carbonyl (C=O) groups is 1. The lowest BCUT2D eigenvalue weighted by atomic mass is 10.1. The van der Waals surface area contributed by atoms with Gasteiger partial charge in [0.15, 0.2) is 0 Å². The third-order valence-electron chi connectivity index (χ3n) is 5.34. The Hall–Kier alpha value is -2.93. The number of carbonyl (C=O) groups excluding carboxylic acids is 1. The van der Waals surface area contributed by atoms with Crippen molar-refractivity contribution in [3.63, 3.8) is 0 Å². The van der Waals surface area contributed by atoms with Gasteiger partial charge in [0.2, 0.25) is 5.91 Å². The van der Waals surface area contributed by atoms with Crippen molar-refractivity contribution in [2.75, 3.05) is 38.1 Å². The number of likely N-dealkylation sites (N-methyl/N-ethyl adjacent to an activating group) is 1. The summed E-state index contributed by atoms with van der Waals surface area (Å²) in [5.74, 6) is 0.0637. The van der Waals surface area contributed by atoms with Crippen molar-refractivity contribution in [2.24, 2.45) is 0 Å². The zero-order valence-electron chi connectivity index (χ0n) is 16.3. The van der Waals surface area contributed by atoms with Gasteiger partial charge in [0.1, 0.15) is 0 Å². The molecule has 0 spiro atoms. The quantitative estimate of drug-likeness (QED) is 0.568. The van der Waals surface area contributed by atoms with Gasteiger partial charge in [-0.1, -0.05) is 36.4 Å². The van der Waals surface area contributed by atoms with Crippen molar-refractivity contribution in [1.82, 2.24) is 9.80 Å². The van der Waals surface area contributed by atoms with E-state index in [1.165, 1.54) is 11.8 Å². The summed E-state index contributed by atoms with van der Waals surface area (Å²) < 4.78 is 0. The van der Waals surface area contributed by atoms with E-state index in [4.69, 9.17) is 0 Å². The molecular formula is C21H26N4O3. The van der Waals surface area contributed by atoms with Crippen LogP contribution in [0.1, 0.15) is 12.5 Å². The number of nitrogens with zero attached hydrogens (tertiary/aromatic N) is 4. The van der Waals surface area contributed by atoms with Gasteiger partial charge in [0, 0.05) is 50.0 Å². The van der Waals surface area contributed by atoms with E-state index in [-0.39, 0.29) is 22.6 Å². The Labute approximate surface area is 165 Å². The van der Waals surface area contributed by atoms with Crippen LogP contribution in [0.15, 0.2) is 54.6 Å². The molecule has 0 radical (unpaired) electrons. The molecule has 1 aliphatic rings. The Morgan fingerprint density at radius 1 is 1.07 bits per heavy atom. The van der Waals surface area contributed by atoms with Gasteiger partial charge in [0.25, 0.3) is 5.69 Å². The largest absolute Gasteiger partial charge is 0.368 e. The molecule has 1 saturated heterocycles. The first-order valence-corrected chi connectivity index (χ1v) is 9.48. The van der Waals surface area contributed by atoms with Gasteiger partial charge in [-0.3, -0.25) is 19.8 Å². The average molecular weight is 382 g/mol. The van der Waals surface area contributed by atoms with Crippen molar-refractivity contribution in [1.29, 1.82) is 0 Å². The second-order valence-electron chi connectivity index (χ2n) is 7.12. The minimum Gasteiger partial charge on any atom is -0.368 e. The number of nitro groups is 1. The SMILES string of the molecule is CC(C(=O)N1CCN(c2ccccc2)CC1)N(C)Cc1ccccc1[N+](=O)[O-]. The minimum absolute atomic E-state index is 0.0637. The molecule has 1 fully saturated rings. The van der Waals surface area contributed by atoms with Crippen LogP contribution < -0.4 is 4.90 Å². The molecule has 2 aromatic carbocycles. The maximum atomic E-state index is 12.9. The Kier molecular flexibility index (Phi) is 6.26. The van der Waals surface area contributed by atoms with Gasteiger partial charge in [0.05, 0.1) is 11.0 Å². The van der Waals surface area contributed by atoms with Crippen molar-refractivity contribution in [3.8, 4) is 0 Å². The van der Waals surface area contributed by atoms with E-state index < -0.39 is 0 Å². The molecule has 2 aromatic rings. The summed E-state index contributed by atoms with van der Waals surface area (Å²) in [7, 11) is 1.83. The second-order valence-corrected chi connectivity index (χ2v) is 7.12. The highest BCUT2D eigenvalue weighted by molar-refractivity contribution is 5.81. The van der Waals surface area contributed by atoms with Crippen molar-refractivity contribution in [2.45, 2.75) is 19.5 Å². The molecule has 0 N–H and O–H groups in total. The van der Waals surface area contributed by atoms with Crippen LogP contribution >= 0.6 is 0 Å². The fourth-order valence-corrected chi connectivity index (χ4v) is 3.50. The summed E-state index contributed by atoms with van der Waals surface area (Å²) in [6, 6.07) is 16.5. The van der Waals surface area contributed by atoms with Gasteiger partial charge < -0.3 is 9.80 Å². The molecule has 0 bridgehead atoms. The van der Waals surface area contributed by atoms with Crippen molar-refractivity contribution in [3.05, 3.63) is 70.3 Å². The molecule has 1 heterocycles. The molecular weight excluding hydrogens is 356 g/mol. The molecule has 148 valence electrons. The van der Waals surface area contributed by atoms with Crippen LogP contribution in [0.2, 0.25) is 0 Å². The van der Waals surface area contributed by atoms with E-state index >= 15 is 0 Å². The standard InChI is InChI=1S/C21H26N4O3/c1-17(22(2)16-18-8-6-7-11-20(18)25(27)28)21(26)24-14-12-23(13-15-24)19-9-4-3-5-10-19/h3-11,17H,12-16H2,1-2H3. The topological polar surface area (TPSA) is 69.9 Å². The van der Waals surface area contributed by atoms with Crippen LogP contribution in [-0.2, 0) is 11.3 Å². The summed E-state index contributed by atoms with van der Waals surface area (Å²) in [6.07, 6.45) is 0. The molecule has 3 rings (SSSR count). The van der Waals surface area contributed by atoms with E-state index in [0.29, 0.717) is 25.2 Å². The first-order valence-electron chi connectivity index (χ1n) is 9.48. The number of benzene rings is 2. The third-order valence-corrected chi connectivity index (χ3v) is 5.34. The van der Waals surface area contributed by atoms with Gasteiger partial charge in [-0.05, 0) is 26.1 Å². The van der Waals surface area contributed by atoms with E-state index in [2.05, 4.69) is 17.0 Å². The average Bonchev–Trinajstić information content (AvgIpc) is 2.73. The Bertz CT molecular complexity index is 819. The number of hydrogen-bond acceptors (Lipinski definition) is 5. The maximum absolute atomic E-state index is 12.9. The summed E-state index contributed by atoms with van der Waals surface area (Å²) in [6.45, 7) is 5.18. The van der Waals surface area contributed by atoms with Crippen LogP contribution in [0.4, 0.5) is 11.4 Å². The molecule has 7 nitrogen and oxygen atoms in total. The Morgan fingerprint density at radius 3 is 2.32 bits per heavy atom. The van der Waals surface area contributed by atoms with Crippen LogP contribution in [0.25, 0.3) is 0 Å². The second kappa shape index (κ2) is 8.84. The third kappa shape index (κ3) is 4.48. The molecule has 0 aromatic heterocycles. The summed E-state index contributed by atoms with van der Waals surface area (Å²) in [4.78, 5) is 29.8. The smallest absolute Gasteiger partial charge is 0.273 e. The highest BCUT2D eigenvalue weighted by Crippen LogP contribution is 2.21. The minimum atomic E-state index is -0.377. The number of piperazine rings is 1. The maximum Gasteiger partial charge on any atom is 0.273 e. The monoisotopic (exact) mass is 382 g/mol. The molecule has 28 heavy (non-hydrogen) atoms. The fraction of sp³-hybridized carbons (Fsp3) is 0.381. The lowest BCUT2D eigenvalue weighted by molar-refractivity contribution is -0.385. The fourth-order valence-electron chi connectivity index (χ4n) is 3.50. The highest BCUT2D eigenvalue weighted by atomic mass is 16.6. The lowest BCUT2D eigenvalue weighted by Gasteiger charge is -2.38. The number of nitro benzene ring substituents is 1. The number of anilines is 1. The van der Waals surface area contributed by atoms with E-state index in [0.717, 1.165) is 13.1 Å². The molecule has 7 heteroatoms. The molecule has 0 aliphatic carbocycles. The van der Waals surface area contributed by atoms with E-state index in [9.17, 15) is 14.9 Å². The zero-order chi connectivity index (χ0) is 20.1.